The molecule has 98 valence electrons. The van der Waals surface area contributed by atoms with E-state index in [9.17, 15) is 0 Å². The summed E-state index contributed by atoms with van der Waals surface area (Å²) in [5.41, 5.74) is 5.14. The molecule has 0 saturated carbocycles. The van der Waals surface area contributed by atoms with E-state index in [1.807, 2.05) is 12.1 Å². The zero-order valence-corrected chi connectivity index (χ0v) is 11.6. The van der Waals surface area contributed by atoms with Crippen LogP contribution in [-0.4, -0.2) is 16.4 Å². The number of hydrogen-bond donors (Lipinski definition) is 1. The number of nitrogens with zero attached hydrogens (tertiary/aromatic N) is 3. The van der Waals surface area contributed by atoms with Crippen LogP contribution in [-0.2, 0) is 0 Å². The summed E-state index contributed by atoms with van der Waals surface area (Å²) in [6.07, 6.45) is 1.74. The van der Waals surface area contributed by atoms with Gasteiger partial charge >= 0.3 is 0 Å². The lowest BCUT2D eigenvalue weighted by molar-refractivity contribution is 0.866. The molecule has 1 heterocycles. The summed E-state index contributed by atoms with van der Waals surface area (Å²) in [5, 5.41) is 12.0. The molecule has 0 aliphatic carbocycles. The normalized spacial score (nSPS) is 11.2. The molecule has 4 nitrogen and oxygen atoms in total. The predicted octanol–water partition coefficient (Wildman–Crippen LogP) is 3.70. The van der Waals surface area contributed by atoms with Gasteiger partial charge in [-0.05, 0) is 29.2 Å². The van der Waals surface area contributed by atoms with Gasteiger partial charge in [0.1, 0.15) is 0 Å². The number of halogens is 1. The summed E-state index contributed by atoms with van der Waals surface area (Å²) in [4.78, 5) is 0. The molecule has 0 amide bonds. The second-order valence-corrected chi connectivity index (χ2v) is 4.82. The number of hydrazone groups is 1. The standard InChI is InChI=1S/C14H15ClN4/c1-10(2)12-5-3-11(4-6-12)9-16-18-14-8-7-13(15)17-19-14/h3-10H,1-2H3,(H,18,19)/b16-9+. The van der Waals surface area contributed by atoms with Crippen LogP contribution in [0.4, 0.5) is 5.82 Å². The Bertz CT molecular complexity index is 547. The van der Waals surface area contributed by atoms with Crippen LogP contribution < -0.4 is 5.43 Å². The molecule has 5 heteroatoms. The molecule has 0 unspecified atom stereocenters. The molecule has 0 radical (unpaired) electrons. The Balaban J connectivity index is 1.97. The van der Waals surface area contributed by atoms with E-state index >= 15 is 0 Å². The number of anilines is 1. The van der Waals surface area contributed by atoms with Gasteiger partial charge < -0.3 is 0 Å². The first-order valence-electron chi connectivity index (χ1n) is 6.03. The number of rotatable bonds is 4. The summed E-state index contributed by atoms with van der Waals surface area (Å²) < 4.78 is 0. The third-order valence-corrected chi connectivity index (χ3v) is 2.83. The van der Waals surface area contributed by atoms with Crippen molar-refractivity contribution in [3.63, 3.8) is 0 Å². The Hall–Kier alpha value is -1.94. The van der Waals surface area contributed by atoms with Gasteiger partial charge in [-0.2, -0.15) is 5.10 Å². The predicted molar refractivity (Wildman–Crippen MR) is 78.8 cm³/mol. The lowest BCUT2D eigenvalue weighted by atomic mass is 10.0. The van der Waals surface area contributed by atoms with E-state index in [0.717, 1.165) is 5.56 Å². The van der Waals surface area contributed by atoms with Crippen LogP contribution in [0.3, 0.4) is 0 Å². The summed E-state index contributed by atoms with van der Waals surface area (Å²) in [5.74, 6) is 1.09. The topological polar surface area (TPSA) is 50.2 Å². The van der Waals surface area contributed by atoms with Crippen LogP contribution in [0.15, 0.2) is 41.5 Å². The van der Waals surface area contributed by atoms with Crippen molar-refractivity contribution < 1.29 is 0 Å². The summed E-state index contributed by atoms with van der Waals surface area (Å²) >= 11 is 5.64. The highest BCUT2D eigenvalue weighted by Crippen LogP contribution is 2.14. The van der Waals surface area contributed by atoms with E-state index in [4.69, 9.17) is 11.6 Å². The van der Waals surface area contributed by atoms with E-state index in [2.05, 4.69) is 46.7 Å². The van der Waals surface area contributed by atoms with Crippen molar-refractivity contribution in [1.82, 2.24) is 10.2 Å². The van der Waals surface area contributed by atoms with E-state index in [0.29, 0.717) is 16.9 Å². The smallest absolute Gasteiger partial charge is 0.168 e. The van der Waals surface area contributed by atoms with E-state index in [-0.39, 0.29) is 0 Å². The van der Waals surface area contributed by atoms with Crippen molar-refractivity contribution in [3.8, 4) is 0 Å². The lowest BCUT2D eigenvalue weighted by Gasteiger charge is -2.04. The summed E-state index contributed by atoms with van der Waals surface area (Å²) in [7, 11) is 0. The zero-order chi connectivity index (χ0) is 13.7. The maximum Gasteiger partial charge on any atom is 0.168 e. The van der Waals surface area contributed by atoms with Gasteiger partial charge in [-0.15, -0.1) is 10.2 Å². The molecular weight excluding hydrogens is 260 g/mol. The maximum absolute atomic E-state index is 5.64. The van der Waals surface area contributed by atoms with Gasteiger partial charge in [-0.1, -0.05) is 49.7 Å². The van der Waals surface area contributed by atoms with Crippen molar-refractivity contribution in [1.29, 1.82) is 0 Å². The third-order valence-electron chi connectivity index (χ3n) is 2.63. The van der Waals surface area contributed by atoms with E-state index in [1.165, 1.54) is 5.56 Å². The first kappa shape index (κ1) is 13.5. The first-order chi connectivity index (χ1) is 9.15. The molecule has 0 aliphatic rings. The zero-order valence-electron chi connectivity index (χ0n) is 10.8. The first-order valence-corrected chi connectivity index (χ1v) is 6.41. The average molecular weight is 275 g/mol. The van der Waals surface area contributed by atoms with Gasteiger partial charge in [0.2, 0.25) is 0 Å². The molecule has 1 N–H and O–H groups in total. The highest BCUT2D eigenvalue weighted by atomic mass is 35.5. The van der Waals surface area contributed by atoms with Crippen molar-refractivity contribution in [2.45, 2.75) is 19.8 Å². The molecule has 0 atom stereocenters. The molecule has 0 bridgehead atoms. The number of aromatic nitrogens is 2. The van der Waals surface area contributed by atoms with Gasteiger partial charge in [0.15, 0.2) is 11.0 Å². The molecule has 1 aromatic heterocycles. The highest BCUT2D eigenvalue weighted by Gasteiger charge is 1.97. The third kappa shape index (κ3) is 4.03. The van der Waals surface area contributed by atoms with Crippen molar-refractivity contribution in [3.05, 3.63) is 52.7 Å². The van der Waals surface area contributed by atoms with Gasteiger partial charge in [-0.3, -0.25) is 5.43 Å². The molecule has 0 saturated heterocycles. The van der Waals surface area contributed by atoms with Gasteiger partial charge in [0.25, 0.3) is 0 Å². The SMILES string of the molecule is CC(C)c1ccc(/C=N/Nc2ccc(Cl)nn2)cc1. The van der Waals surface area contributed by atoms with Crippen LogP contribution in [0, 0.1) is 0 Å². The van der Waals surface area contributed by atoms with E-state index < -0.39 is 0 Å². The summed E-state index contributed by atoms with van der Waals surface area (Å²) in [6.45, 7) is 4.34. The molecule has 2 aromatic rings. The minimum Gasteiger partial charge on any atom is -0.260 e. The minimum atomic E-state index is 0.360. The van der Waals surface area contributed by atoms with Crippen LogP contribution in [0.25, 0.3) is 0 Å². The Labute approximate surface area is 117 Å². The van der Waals surface area contributed by atoms with Crippen LogP contribution >= 0.6 is 11.6 Å². The molecule has 2 rings (SSSR count). The Kier molecular flexibility index (Phi) is 4.47. The lowest BCUT2D eigenvalue weighted by Crippen LogP contribution is -1.95. The molecule has 1 aromatic carbocycles. The van der Waals surface area contributed by atoms with Gasteiger partial charge in [0.05, 0.1) is 6.21 Å². The average Bonchev–Trinajstić information content (AvgIpc) is 2.41. The molecular formula is C14H15ClN4. The molecule has 0 spiro atoms. The van der Waals surface area contributed by atoms with Crippen LogP contribution in [0.1, 0.15) is 30.9 Å². The maximum atomic E-state index is 5.64. The van der Waals surface area contributed by atoms with Gasteiger partial charge in [0, 0.05) is 0 Å². The van der Waals surface area contributed by atoms with Crippen molar-refractivity contribution in [2.75, 3.05) is 5.43 Å². The van der Waals surface area contributed by atoms with Crippen LogP contribution in [0.5, 0.6) is 0 Å². The fourth-order valence-electron chi connectivity index (χ4n) is 1.52. The fraction of sp³-hybridized carbons (Fsp3) is 0.214. The molecule has 0 aliphatic heterocycles. The monoisotopic (exact) mass is 274 g/mol. The fourth-order valence-corrected chi connectivity index (χ4v) is 1.62. The minimum absolute atomic E-state index is 0.360. The largest absolute Gasteiger partial charge is 0.260 e. The van der Waals surface area contributed by atoms with Crippen LogP contribution in [0.2, 0.25) is 5.15 Å². The van der Waals surface area contributed by atoms with Gasteiger partial charge in [-0.25, -0.2) is 0 Å². The Morgan fingerprint density at radius 3 is 2.42 bits per heavy atom. The Morgan fingerprint density at radius 2 is 1.84 bits per heavy atom. The van der Waals surface area contributed by atoms with Crippen molar-refractivity contribution >= 4 is 23.6 Å². The summed E-state index contributed by atoms with van der Waals surface area (Å²) in [6, 6.07) is 11.7. The second kappa shape index (κ2) is 6.29. The second-order valence-electron chi connectivity index (χ2n) is 4.43. The highest BCUT2D eigenvalue weighted by molar-refractivity contribution is 6.29. The number of hydrogen-bond acceptors (Lipinski definition) is 4. The quantitative estimate of drug-likeness (QED) is 0.683. The Morgan fingerprint density at radius 1 is 1.11 bits per heavy atom. The molecule has 0 fully saturated rings. The van der Waals surface area contributed by atoms with Crippen molar-refractivity contribution in [2.24, 2.45) is 5.10 Å². The van der Waals surface area contributed by atoms with E-state index in [1.54, 1.807) is 18.3 Å². The molecule has 19 heavy (non-hydrogen) atoms. The number of benzene rings is 1. The number of nitrogens with one attached hydrogen (secondary N) is 1.